The molecule has 0 unspecified atom stereocenters. The summed E-state index contributed by atoms with van der Waals surface area (Å²) in [5.74, 6) is -2.90. The third-order valence-corrected chi connectivity index (χ3v) is 7.97. The minimum absolute atomic E-state index is 0.123. The van der Waals surface area contributed by atoms with Crippen molar-refractivity contribution in [3.63, 3.8) is 0 Å². The summed E-state index contributed by atoms with van der Waals surface area (Å²) in [5, 5.41) is 18.9. The molecule has 0 saturated carbocycles. The molecule has 0 aliphatic carbocycles. The number of amides is 2. The molecule has 1 fully saturated rings. The predicted molar refractivity (Wildman–Crippen MR) is 159 cm³/mol. The predicted octanol–water partition coefficient (Wildman–Crippen LogP) is 4.25. The number of phenolic OH excluding ortho intramolecular Hbond substituents is 1. The summed E-state index contributed by atoms with van der Waals surface area (Å²) in [6.07, 6.45) is 2.06. The summed E-state index contributed by atoms with van der Waals surface area (Å²) in [6.45, 7) is 7.59. The highest BCUT2D eigenvalue weighted by Gasteiger charge is 2.42. The lowest BCUT2D eigenvalue weighted by atomic mass is 9.85. The second kappa shape index (κ2) is 12.8. The molecule has 0 bridgehead atoms. The molecular weight excluding hydrogens is 582 g/mol. The van der Waals surface area contributed by atoms with E-state index in [4.69, 9.17) is 11.6 Å². The Morgan fingerprint density at radius 2 is 1.91 bits per heavy atom. The average Bonchev–Trinajstić information content (AvgIpc) is 3.45. The Hall–Kier alpha value is -3.90. The number of Topliss-reactive ketones (excluding diaryl/α,β-unsaturated/α-hetero) is 1. The first-order valence-electron chi connectivity index (χ1n) is 13.9. The van der Waals surface area contributed by atoms with Crippen LogP contribution in [0.4, 0.5) is 20.3 Å². The molecule has 13 heteroatoms. The Bertz CT molecular complexity index is 1560. The maximum absolute atomic E-state index is 14.6. The van der Waals surface area contributed by atoms with Gasteiger partial charge in [0.2, 0.25) is 11.8 Å². The summed E-state index contributed by atoms with van der Waals surface area (Å²) in [7, 11) is 1.65. The number of likely N-dealkylation sites (tertiary alicyclic amines) is 1. The summed E-state index contributed by atoms with van der Waals surface area (Å²) in [6, 6.07) is 2.96. The SMILES string of the molecule is CN[C@@H](C)C(=O)N[C@H](C(=O)N1CCC[C@H]1C(=O)Cc1cc2c(Nc3ccc(F)c(Cl)c3F)ncnc2cc1O)C(C)(C)C. The molecule has 0 radical (unpaired) electrons. The molecule has 2 amide bonds. The number of hydrogen-bond donors (Lipinski definition) is 4. The lowest BCUT2D eigenvalue weighted by Crippen LogP contribution is -2.58. The molecule has 4 N–H and O–H groups in total. The van der Waals surface area contributed by atoms with Crippen molar-refractivity contribution in [1.82, 2.24) is 25.5 Å². The number of nitrogens with one attached hydrogen (secondary N) is 3. The number of carbonyl (C=O) groups is 3. The Morgan fingerprint density at radius 1 is 1.19 bits per heavy atom. The third-order valence-electron chi connectivity index (χ3n) is 7.62. The second-order valence-corrected chi connectivity index (χ2v) is 12.1. The van der Waals surface area contributed by atoms with Gasteiger partial charge in [0.05, 0.1) is 23.3 Å². The van der Waals surface area contributed by atoms with Crippen molar-refractivity contribution in [3.8, 4) is 5.75 Å². The molecule has 2 aromatic carbocycles. The average molecular weight is 617 g/mol. The fourth-order valence-corrected chi connectivity index (χ4v) is 5.18. The van der Waals surface area contributed by atoms with Crippen molar-refractivity contribution in [2.75, 3.05) is 18.9 Å². The van der Waals surface area contributed by atoms with Crippen molar-refractivity contribution >= 4 is 51.6 Å². The molecule has 43 heavy (non-hydrogen) atoms. The lowest BCUT2D eigenvalue weighted by molar-refractivity contribution is -0.143. The fourth-order valence-electron chi connectivity index (χ4n) is 5.01. The van der Waals surface area contributed by atoms with Gasteiger partial charge in [-0.1, -0.05) is 32.4 Å². The van der Waals surface area contributed by atoms with Gasteiger partial charge >= 0.3 is 0 Å². The Labute approximate surface area is 253 Å². The summed E-state index contributed by atoms with van der Waals surface area (Å²) in [5.41, 5.74) is -0.167. The van der Waals surface area contributed by atoms with Crippen LogP contribution in [0.5, 0.6) is 5.75 Å². The first-order chi connectivity index (χ1) is 20.2. The Morgan fingerprint density at radius 3 is 2.58 bits per heavy atom. The normalized spacial score (nSPS) is 16.7. The van der Waals surface area contributed by atoms with Crippen molar-refractivity contribution in [3.05, 3.63) is 52.8 Å². The van der Waals surface area contributed by atoms with Gasteiger partial charge in [0.1, 0.15) is 34.8 Å². The van der Waals surface area contributed by atoms with Gasteiger partial charge in [-0.3, -0.25) is 14.4 Å². The molecule has 1 aliphatic rings. The number of likely N-dealkylation sites (N-methyl/N-ethyl adjacent to an activating group) is 1. The van der Waals surface area contributed by atoms with Crippen LogP contribution in [-0.4, -0.2) is 69.3 Å². The van der Waals surface area contributed by atoms with E-state index in [9.17, 15) is 28.3 Å². The molecule has 1 aromatic heterocycles. The van der Waals surface area contributed by atoms with Crippen molar-refractivity contribution in [2.45, 2.75) is 65.1 Å². The minimum atomic E-state index is -1.00. The van der Waals surface area contributed by atoms with Gasteiger partial charge in [-0.2, -0.15) is 0 Å². The quantitative estimate of drug-likeness (QED) is 0.262. The maximum atomic E-state index is 14.6. The largest absolute Gasteiger partial charge is 0.508 e. The highest BCUT2D eigenvalue weighted by molar-refractivity contribution is 6.31. The number of carbonyl (C=O) groups excluding carboxylic acids is 3. The van der Waals surface area contributed by atoms with Crippen LogP contribution in [0.3, 0.4) is 0 Å². The number of rotatable bonds is 9. The van der Waals surface area contributed by atoms with Crippen LogP contribution >= 0.6 is 11.6 Å². The molecule has 3 atom stereocenters. The zero-order valence-electron chi connectivity index (χ0n) is 24.6. The van der Waals surface area contributed by atoms with E-state index in [1.807, 2.05) is 20.8 Å². The van der Waals surface area contributed by atoms with E-state index in [2.05, 4.69) is 25.9 Å². The number of hydrogen-bond acceptors (Lipinski definition) is 8. The smallest absolute Gasteiger partial charge is 0.246 e. The number of ketones is 1. The van der Waals surface area contributed by atoms with E-state index < -0.39 is 40.2 Å². The third kappa shape index (κ3) is 6.86. The standard InChI is InChI=1S/C30H35ClF2N6O4/c1-15(34-5)28(42)38-26(30(2,3)4)29(43)39-10-6-7-21(39)23(41)12-16-11-17-20(13-22(16)40)35-14-36-27(17)37-19-9-8-18(32)24(31)25(19)33/h8-9,11,13-15,21,26,34,40H,6-7,10,12H2,1-5H3,(H,38,42)(H,35,36,37)/t15-,21-,26+/m0/s1. The zero-order chi connectivity index (χ0) is 31.6. The van der Waals surface area contributed by atoms with Crippen molar-refractivity contribution in [1.29, 1.82) is 0 Å². The fraction of sp³-hybridized carbons (Fsp3) is 0.433. The van der Waals surface area contributed by atoms with E-state index in [1.165, 1.54) is 29.4 Å². The molecule has 10 nitrogen and oxygen atoms in total. The summed E-state index contributed by atoms with van der Waals surface area (Å²) < 4.78 is 28.2. The molecule has 2 heterocycles. The number of benzene rings is 2. The number of nitrogens with zero attached hydrogens (tertiary/aromatic N) is 3. The molecule has 4 rings (SSSR count). The molecule has 230 valence electrons. The van der Waals surface area contributed by atoms with Crippen LogP contribution in [0.25, 0.3) is 10.9 Å². The van der Waals surface area contributed by atoms with Crippen LogP contribution in [0, 0.1) is 17.0 Å². The molecule has 1 saturated heterocycles. The van der Waals surface area contributed by atoms with Gasteiger partial charge in [0, 0.05) is 30.0 Å². The van der Waals surface area contributed by atoms with Gasteiger partial charge in [-0.15, -0.1) is 0 Å². The topological polar surface area (TPSA) is 137 Å². The second-order valence-electron chi connectivity index (χ2n) is 11.7. The van der Waals surface area contributed by atoms with E-state index in [1.54, 1.807) is 14.0 Å². The van der Waals surface area contributed by atoms with Crippen LogP contribution in [-0.2, 0) is 20.8 Å². The van der Waals surface area contributed by atoms with E-state index in [0.717, 1.165) is 6.07 Å². The van der Waals surface area contributed by atoms with Crippen LogP contribution < -0.4 is 16.0 Å². The number of anilines is 2. The molecule has 3 aromatic rings. The van der Waals surface area contributed by atoms with Crippen molar-refractivity contribution in [2.24, 2.45) is 5.41 Å². The van der Waals surface area contributed by atoms with Crippen LogP contribution in [0.2, 0.25) is 5.02 Å². The first kappa shape index (κ1) is 32.0. The van der Waals surface area contributed by atoms with Crippen LogP contribution in [0.15, 0.2) is 30.6 Å². The first-order valence-corrected chi connectivity index (χ1v) is 14.3. The van der Waals surface area contributed by atoms with Gasteiger partial charge in [-0.25, -0.2) is 18.7 Å². The van der Waals surface area contributed by atoms with Gasteiger partial charge in [-0.05, 0) is 50.4 Å². The van der Waals surface area contributed by atoms with E-state index in [0.29, 0.717) is 30.3 Å². The lowest BCUT2D eigenvalue weighted by Gasteiger charge is -2.36. The monoisotopic (exact) mass is 616 g/mol. The van der Waals surface area contributed by atoms with Gasteiger partial charge in [0.15, 0.2) is 11.6 Å². The molecule has 1 aliphatic heterocycles. The Kier molecular flexibility index (Phi) is 9.50. The van der Waals surface area contributed by atoms with E-state index >= 15 is 0 Å². The zero-order valence-corrected chi connectivity index (χ0v) is 25.4. The highest BCUT2D eigenvalue weighted by Crippen LogP contribution is 2.33. The number of halogens is 3. The number of aromatic hydroxyl groups is 1. The minimum Gasteiger partial charge on any atom is -0.508 e. The summed E-state index contributed by atoms with van der Waals surface area (Å²) in [4.78, 5) is 49.8. The molecular formula is C30H35ClF2N6O4. The maximum Gasteiger partial charge on any atom is 0.246 e. The van der Waals surface area contributed by atoms with Crippen molar-refractivity contribution < 1.29 is 28.3 Å². The van der Waals surface area contributed by atoms with Gasteiger partial charge < -0.3 is 26.0 Å². The number of aromatic nitrogens is 2. The summed E-state index contributed by atoms with van der Waals surface area (Å²) >= 11 is 5.71. The highest BCUT2D eigenvalue weighted by atomic mass is 35.5. The van der Waals surface area contributed by atoms with E-state index in [-0.39, 0.29) is 46.8 Å². The van der Waals surface area contributed by atoms with Gasteiger partial charge in [0.25, 0.3) is 0 Å². The number of fused-ring (bicyclic) bond motifs is 1. The number of phenols is 1. The molecule has 0 spiro atoms. The Balaban J connectivity index is 1.59. The van der Waals surface area contributed by atoms with Crippen LogP contribution in [0.1, 0.15) is 46.1 Å².